The smallest absolute Gasteiger partial charge is 0.140 e. The molecule has 2 aromatic rings. The lowest BCUT2D eigenvalue weighted by atomic mass is 9.85. The van der Waals surface area contributed by atoms with Gasteiger partial charge in [0.25, 0.3) is 0 Å². The summed E-state index contributed by atoms with van der Waals surface area (Å²) in [6, 6.07) is 8.62. The predicted octanol–water partition coefficient (Wildman–Crippen LogP) is 4.18. The fourth-order valence-electron chi connectivity index (χ4n) is 2.27. The highest BCUT2D eigenvalue weighted by atomic mass is 79.9. The Hall–Kier alpha value is -0.890. The molecule has 0 aliphatic carbocycles. The van der Waals surface area contributed by atoms with E-state index in [2.05, 4.69) is 26.2 Å². The molecule has 0 amide bonds. The lowest BCUT2D eigenvalue weighted by molar-refractivity contribution is 0.614. The van der Waals surface area contributed by atoms with Crippen molar-refractivity contribution in [3.05, 3.63) is 64.1 Å². The van der Waals surface area contributed by atoms with E-state index >= 15 is 0 Å². The van der Waals surface area contributed by atoms with Gasteiger partial charge in [0.05, 0.1) is 8.67 Å². The number of nitrogens with zero attached hydrogens (tertiary/aromatic N) is 1. The topological polar surface area (TPSA) is 24.9 Å². The first-order valence-corrected chi connectivity index (χ1v) is 8.37. The van der Waals surface area contributed by atoms with Crippen molar-refractivity contribution in [2.45, 2.75) is 5.54 Å². The van der Waals surface area contributed by atoms with Crippen LogP contribution in [0.3, 0.4) is 0 Å². The van der Waals surface area contributed by atoms with Gasteiger partial charge < -0.3 is 5.32 Å². The largest absolute Gasteiger partial charge is 0.352 e. The predicted molar refractivity (Wildman–Crippen MR) is 95.0 cm³/mol. The van der Waals surface area contributed by atoms with Crippen molar-refractivity contribution in [1.82, 2.24) is 10.3 Å². The van der Waals surface area contributed by atoms with E-state index < -0.39 is 5.54 Å². The summed E-state index contributed by atoms with van der Waals surface area (Å²) in [5.74, 6) is -0.317. The Bertz CT molecular complexity index is 738. The lowest BCUT2D eigenvalue weighted by Crippen LogP contribution is -2.43. The molecule has 2 nitrogen and oxygen atoms in total. The Morgan fingerprint density at radius 2 is 1.86 bits per heavy atom. The molecule has 1 atom stereocenters. The summed E-state index contributed by atoms with van der Waals surface area (Å²) < 4.78 is 15.2. The van der Waals surface area contributed by atoms with Crippen LogP contribution in [0.5, 0.6) is 0 Å². The number of benzene rings is 1. The summed E-state index contributed by atoms with van der Waals surface area (Å²) in [7, 11) is 0. The van der Waals surface area contributed by atoms with E-state index in [0.717, 1.165) is 11.1 Å². The maximum atomic E-state index is 13.5. The van der Waals surface area contributed by atoms with Gasteiger partial charge >= 0.3 is 0 Å². The van der Waals surface area contributed by atoms with E-state index in [-0.39, 0.29) is 5.82 Å². The van der Waals surface area contributed by atoms with Gasteiger partial charge in [-0.3, -0.25) is 4.98 Å². The molecule has 0 bridgehead atoms. The summed E-state index contributed by atoms with van der Waals surface area (Å²) in [6.45, 7) is 0. The van der Waals surface area contributed by atoms with E-state index in [1.54, 1.807) is 24.5 Å². The molecule has 0 saturated carbocycles. The third-order valence-corrected chi connectivity index (χ3v) is 5.54. The van der Waals surface area contributed by atoms with E-state index in [1.165, 1.54) is 17.8 Å². The fourth-order valence-corrected chi connectivity index (χ4v) is 4.56. The molecule has 2 heterocycles. The Labute approximate surface area is 144 Å². The molecule has 1 aliphatic heterocycles. The average molecular weight is 399 g/mol. The number of aromatic nitrogens is 1. The highest BCUT2D eigenvalue weighted by molar-refractivity contribution is 9.10. The third-order valence-electron chi connectivity index (χ3n) is 3.25. The molecule has 3 rings (SSSR count). The van der Waals surface area contributed by atoms with Crippen LogP contribution in [0.2, 0.25) is 0 Å². The fraction of sp³-hybridized carbons (Fsp3) is 0.0714. The standard InChI is InChI=1S/C14H8BrFN2S3/c15-10-7-9(1-2-11(10)16)14(8-3-5-17-6-4-8)12(19)21-13(20)18-14/h1-7H,(H,18,20). The van der Waals surface area contributed by atoms with Crippen molar-refractivity contribution in [2.24, 2.45) is 0 Å². The quantitative estimate of drug-likeness (QED) is 0.765. The minimum absolute atomic E-state index is 0.317. The van der Waals surface area contributed by atoms with Crippen LogP contribution in [0.15, 0.2) is 47.2 Å². The Kier molecular flexibility index (Phi) is 4.09. The minimum atomic E-state index is -0.740. The first kappa shape index (κ1) is 15.0. The number of halogens is 2. The molecule has 1 saturated heterocycles. The molecule has 1 unspecified atom stereocenters. The molecule has 0 radical (unpaired) electrons. The SMILES string of the molecule is Fc1ccc(C2(c3ccncc3)NC(=S)SC2=S)cc1Br. The number of pyridine rings is 1. The van der Waals surface area contributed by atoms with Gasteiger partial charge in [-0.05, 0) is 51.3 Å². The normalized spacial score (nSPS) is 21.4. The number of thiocarbonyl (C=S) groups is 2. The first-order valence-electron chi connectivity index (χ1n) is 5.94. The molecule has 1 aliphatic rings. The van der Waals surface area contributed by atoms with Gasteiger partial charge in [0.2, 0.25) is 0 Å². The Morgan fingerprint density at radius 1 is 1.14 bits per heavy atom. The number of rotatable bonds is 2. The van der Waals surface area contributed by atoms with Crippen molar-refractivity contribution in [3.63, 3.8) is 0 Å². The highest BCUT2D eigenvalue weighted by Crippen LogP contribution is 2.41. The molecule has 0 spiro atoms. The van der Waals surface area contributed by atoms with Crippen LogP contribution in [0, 0.1) is 5.82 Å². The van der Waals surface area contributed by atoms with Crippen LogP contribution in [-0.4, -0.2) is 13.5 Å². The number of thioether (sulfide) groups is 1. The van der Waals surface area contributed by atoms with Crippen LogP contribution >= 0.6 is 52.1 Å². The summed E-state index contributed by atoms with van der Waals surface area (Å²) in [4.78, 5) is 4.04. The number of hydrogen-bond acceptors (Lipinski definition) is 4. The number of nitrogens with one attached hydrogen (secondary N) is 1. The van der Waals surface area contributed by atoms with Crippen molar-refractivity contribution < 1.29 is 4.39 Å². The molecule has 1 aromatic carbocycles. The molecule has 1 aromatic heterocycles. The zero-order valence-electron chi connectivity index (χ0n) is 10.5. The van der Waals surface area contributed by atoms with Crippen LogP contribution in [0.25, 0.3) is 0 Å². The third kappa shape index (κ3) is 2.52. The van der Waals surface area contributed by atoms with Crippen LogP contribution in [0.1, 0.15) is 11.1 Å². The molecule has 1 N–H and O–H groups in total. The lowest BCUT2D eigenvalue weighted by Gasteiger charge is -2.30. The average Bonchev–Trinajstić information content (AvgIpc) is 2.78. The summed E-state index contributed by atoms with van der Waals surface area (Å²) >= 11 is 15.4. The Balaban J connectivity index is 2.24. The maximum absolute atomic E-state index is 13.5. The second-order valence-electron chi connectivity index (χ2n) is 4.42. The van der Waals surface area contributed by atoms with Crippen molar-refractivity contribution in [3.8, 4) is 0 Å². The van der Waals surface area contributed by atoms with Crippen LogP contribution in [0.4, 0.5) is 4.39 Å². The molecule has 21 heavy (non-hydrogen) atoms. The minimum Gasteiger partial charge on any atom is -0.352 e. The molecular weight excluding hydrogens is 391 g/mol. The summed E-state index contributed by atoms with van der Waals surface area (Å²) in [6.07, 6.45) is 3.40. The van der Waals surface area contributed by atoms with E-state index in [4.69, 9.17) is 24.4 Å². The molecule has 106 valence electrons. The van der Waals surface area contributed by atoms with Gasteiger partial charge in [0.15, 0.2) is 0 Å². The van der Waals surface area contributed by atoms with Crippen LogP contribution < -0.4 is 5.32 Å². The van der Waals surface area contributed by atoms with E-state index in [0.29, 0.717) is 13.0 Å². The van der Waals surface area contributed by atoms with Gasteiger partial charge in [-0.1, -0.05) is 42.3 Å². The van der Waals surface area contributed by atoms with Crippen LogP contribution in [-0.2, 0) is 5.54 Å². The van der Waals surface area contributed by atoms with E-state index in [1.807, 2.05) is 12.1 Å². The number of hydrogen-bond donors (Lipinski definition) is 1. The van der Waals surface area contributed by atoms with Gasteiger partial charge in [0.1, 0.15) is 15.7 Å². The van der Waals surface area contributed by atoms with Gasteiger partial charge in [-0.2, -0.15) is 0 Å². The zero-order chi connectivity index (χ0) is 15.0. The molecular formula is C14H8BrFN2S3. The zero-order valence-corrected chi connectivity index (χ0v) is 14.5. The van der Waals surface area contributed by atoms with Gasteiger partial charge in [0, 0.05) is 12.4 Å². The van der Waals surface area contributed by atoms with Gasteiger partial charge in [-0.25, -0.2) is 4.39 Å². The first-order chi connectivity index (χ1) is 10.0. The van der Waals surface area contributed by atoms with E-state index in [9.17, 15) is 4.39 Å². The summed E-state index contributed by atoms with van der Waals surface area (Å²) in [5.41, 5.74) is 1.02. The molecule has 7 heteroatoms. The second kappa shape index (κ2) is 5.72. The summed E-state index contributed by atoms with van der Waals surface area (Å²) in [5, 5.41) is 3.28. The van der Waals surface area contributed by atoms with Crippen molar-refractivity contribution in [1.29, 1.82) is 0 Å². The maximum Gasteiger partial charge on any atom is 0.140 e. The van der Waals surface area contributed by atoms with Gasteiger partial charge in [-0.15, -0.1) is 0 Å². The Morgan fingerprint density at radius 3 is 2.43 bits per heavy atom. The van der Waals surface area contributed by atoms with Crippen molar-refractivity contribution >= 4 is 60.6 Å². The second-order valence-corrected chi connectivity index (χ2v) is 7.63. The molecule has 1 fully saturated rings. The monoisotopic (exact) mass is 398 g/mol. The van der Waals surface area contributed by atoms with Crippen molar-refractivity contribution in [2.75, 3.05) is 0 Å². The highest BCUT2D eigenvalue weighted by Gasteiger charge is 2.45.